The van der Waals surface area contributed by atoms with Crippen LogP contribution in [-0.4, -0.2) is 42.4 Å². The molecule has 7 nitrogen and oxygen atoms in total. The standard InChI is InChI=1S/C15H16ClN5O2S/c1-2-8-24-15-17-13-12(19-20-21(13)6-7-22)14(18-15)23-11-5-3-4-10(16)9-11/h3-5,9,22H,2,6-8H2,1H3. The predicted molar refractivity (Wildman–Crippen MR) is 92.7 cm³/mol. The lowest BCUT2D eigenvalue weighted by molar-refractivity contribution is 0.270. The fourth-order valence-electron chi connectivity index (χ4n) is 2.03. The van der Waals surface area contributed by atoms with Gasteiger partial charge in [0.05, 0.1) is 13.2 Å². The first-order valence-electron chi connectivity index (χ1n) is 7.49. The SMILES string of the molecule is CCCSc1nc(Oc2cccc(Cl)c2)c2nnn(CCO)c2n1. The van der Waals surface area contributed by atoms with Crippen molar-refractivity contribution in [3.8, 4) is 11.6 Å². The number of aliphatic hydroxyl groups excluding tert-OH is 1. The third kappa shape index (κ3) is 3.77. The van der Waals surface area contributed by atoms with E-state index in [1.54, 1.807) is 24.3 Å². The summed E-state index contributed by atoms with van der Waals surface area (Å²) in [6.45, 7) is 2.35. The Morgan fingerprint density at radius 3 is 2.96 bits per heavy atom. The number of thioether (sulfide) groups is 1. The minimum Gasteiger partial charge on any atom is -0.437 e. The predicted octanol–water partition coefficient (Wildman–Crippen LogP) is 3.16. The molecule has 0 bridgehead atoms. The highest BCUT2D eigenvalue weighted by Gasteiger charge is 2.17. The minimum absolute atomic E-state index is 0.0512. The van der Waals surface area contributed by atoms with Crippen LogP contribution in [0.3, 0.4) is 0 Å². The first kappa shape index (κ1) is 16.9. The van der Waals surface area contributed by atoms with Crippen LogP contribution in [0.4, 0.5) is 0 Å². The molecule has 3 rings (SSSR count). The van der Waals surface area contributed by atoms with Gasteiger partial charge in [0, 0.05) is 10.8 Å². The fraction of sp³-hybridized carbons (Fsp3) is 0.333. The number of halogens is 1. The van der Waals surface area contributed by atoms with E-state index >= 15 is 0 Å². The van der Waals surface area contributed by atoms with Crippen LogP contribution >= 0.6 is 23.4 Å². The number of aromatic nitrogens is 5. The largest absolute Gasteiger partial charge is 0.437 e. The van der Waals surface area contributed by atoms with E-state index in [0.29, 0.717) is 39.5 Å². The number of ether oxygens (including phenoxy) is 1. The van der Waals surface area contributed by atoms with Gasteiger partial charge >= 0.3 is 0 Å². The van der Waals surface area contributed by atoms with Crippen molar-refractivity contribution < 1.29 is 9.84 Å². The monoisotopic (exact) mass is 365 g/mol. The number of aliphatic hydroxyl groups is 1. The number of rotatable bonds is 7. The molecule has 126 valence electrons. The van der Waals surface area contributed by atoms with Crippen molar-refractivity contribution in [2.45, 2.75) is 25.0 Å². The van der Waals surface area contributed by atoms with Crippen LogP contribution in [0, 0.1) is 0 Å². The third-order valence-electron chi connectivity index (χ3n) is 3.07. The molecule has 9 heteroatoms. The van der Waals surface area contributed by atoms with Gasteiger partial charge in [-0.2, -0.15) is 4.98 Å². The van der Waals surface area contributed by atoms with Gasteiger partial charge in [-0.25, -0.2) is 9.67 Å². The highest BCUT2D eigenvalue weighted by Crippen LogP contribution is 2.29. The molecule has 0 saturated carbocycles. The summed E-state index contributed by atoms with van der Waals surface area (Å²) in [5.41, 5.74) is 0.985. The molecule has 0 aliphatic carbocycles. The van der Waals surface area contributed by atoms with Crippen molar-refractivity contribution in [1.82, 2.24) is 25.0 Å². The Labute approximate surface area is 148 Å². The summed E-state index contributed by atoms with van der Waals surface area (Å²) in [4.78, 5) is 8.93. The molecule has 0 aliphatic rings. The Morgan fingerprint density at radius 1 is 1.33 bits per heavy atom. The summed E-state index contributed by atoms with van der Waals surface area (Å²) in [6.07, 6.45) is 1.00. The molecule has 2 aromatic heterocycles. The van der Waals surface area contributed by atoms with Gasteiger partial charge in [-0.3, -0.25) is 0 Å². The molecular formula is C15H16ClN5O2S. The second kappa shape index (κ2) is 7.78. The number of nitrogens with zero attached hydrogens (tertiary/aromatic N) is 5. The summed E-state index contributed by atoms with van der Waals surface area (Å²) in [5, 5.41) is 18.4. The number of benzene rings is 1. The zero-order chi connectivity index (χ0) is 16.9. The van der Waals surface area contributed by atoms with Gasteiger partial charge < -0.3 is 9.84 Å². The Hall–Kier alpha value is -1.90. The summed E-state index contributed by atoms with van der Waals surface area (Å²) in [5.74, 6) is 1.78. The molecule has 1 aromatic carbocycles. The smallest absolute Gasteiger partial charge is 0.253 e. The van der Waals surface area contributed by atoms with E-state index < -0.39 is 0 Å². The average Bonchev–Trinajstić information content (AvgIpc) is 2.97. The normalized spacial score (nSPS) is 11.1. The maximum absolute atomic E-state index is 9.16. The van der Waals surface area contributed by atoms with E-state index in [2.05, 4.69) is 27.2 Å². The summed E-state index contributed by atoms with van der Waals surface area (Å²) >= 11 is 7.53. The lowest BCUT2D eigenvalue weighted by Crippen LogP contribution is -2.05. The molecule has 0 amide bonds. The zero-order valence-electron chi connectivity index (χ0n) is 13.0. The van der Waals surface area contributed by atoms with Gasteiger partial charge in [0.2, 0.25) is 0 Å². The Bertz CT molecular complexity index is 842. The topological polar surface area (TPSA) is 86.0 Å². The van der Waals surface area contributed by atoms with Crippen molar-refractivity contribution in [1.29, 1.82) is 0 Å². The third-order valence-corrected chi connectivity index (χ3v) is 4.36. The van der Waals surface area contributed by atoms with Crippen LogP contribution < -0.4 is 4.74 Å². The van der Waals surface area contributed by atoms with Crippen LogP contribution in [0.25, 0.3) is 11.2 Å². The summed E-state index contributed by atoms with van der Waals surface area (Å²) < 4.78 is 7.40. The summed E-state index contributed by atoms with van der Waals surface area (Å²) in [6, 6.07) is 7.05. The van der Waals surface area contributed by atoms with E-state index in [9.17, 15) is 0 Å². The van der Waals surface area contributed by atoms with Gasteiger partial charge in [-0.05, 0) is 24.6 Å². The first-order valence-corrected chi connectivity index (χ1v) is 8.86. The minimum atomic E-state index is -0.0512. The first-order chi connectivity index (χ1) is 11.7. The quantitative estimate of drug-likeness (QED) is 0.508. The van der Waals surface area contributed by atoms with Crippen LogP contribution in [0.15, 0.2) is 29.4 Å². The van der Waals surface area contributed by atoms with Crippen molar-refractivity contribution in [3.63, 3.8) is 0 Å². The maximum Gasteiger partial charge on any atom is 0.253 e. The van der Waals surface area contributed by atoms with Gasteiger partial charge in [-0.15, -0.1) is 5.10 Å². The Kier molecular flexibility index (Phi) is 5.49. The molecule has 0 radical (unpaired) electrons. The van der Waals surface area contributed by atoms with E-state index in [1.165, 1.54) is 16.4 Å². The van der Waals surface area contributed by atoms with E-state index in [4.69, 9.17) is 21.4 Å². The van der Waals surface area contributed by atoms with Gasteiger partial charge in [0.15, 0.2) is 16.3 Å². The number of hydrogen-bond donors (Lipinski definition) is 1. The summed E-state index contributed by atoms with van der Waals surface area (Å²) in [7, 11) is 0. The molecular weight excluding hydrogens is 350 g/mol. The van der Waals surface area contributed by atoms with E-state index in [1.807, 2.05) is 0 Å². The molecule has 24 heavy (non-hydrogen) atoms. The lowest BCUT2D eigenvalue weighted by atomic mass is 10.3. The number of fused-ring (bicyclic) bond motifs is 1. The van der Waals surface area contributed by atoms with E-state index in [0.717, 1.165) is 12.2 Å². The van der Waals surface area contributed by atoms with Crippen LogP contribution in [-0.2, 0) is 6.54 Å². The zero-order valence-corrected chi connectivity index (χ0v) is 14.6. The molecule has 0 unspecified atom stereocenters. The maximum atomic E-state index is 9.16. The van der Waals surface area contributed by atoms with Crippen molar-refractivity contribution in [3.05, 3.63) is 29.3 Å². The van der Waals surface area contributed by atoms with Crippen LogP contribution in [0.1, 0.15) is 13.3 Å². The highest BCUT2D eigenvalue weighted by molar-refractivity contribution is 7.99. The lowest BCUT2D eigenvalue weighted by Gasteiger charge is -2.07. The molecule has 0 aliphatic heterocycles. The average molecular weight is 366 g/mol. The van der Waals surface area contributed by atoms with Gasteiger partial charge in [0.25, 0.3) is 5.88 Å². The molecule has 0 saturated heterocycles. The molecule has 2 heterocycles. The van der Waals surface area contributed by atoms with Crippen molar-refractivity contribution in [2.24, 2.45) is 0 Å². The molecule has 0 spiro atoms. The molecule has 0 fully saturated rings. The Morgan fingerprint density at radius 2 is 2.21 bits per heavy atom. The van der Waals surface area contributed by atoms with E-state index in [-0.39, 0.29) is 6.61 Å². The number of hydrogen-bond acceptors (Lipinski definition) is 7. The molecule has 1 N–H and O–H groups in total. The molecule has 0 atom stereocenters. The second-order valence-electron chi connectivity index (χ2n) is 4.93. The van der Waals surface area contributed by atoms with Crippen LogP contribution in [0.2, 0.25) is 5.02 Å². The highest BCUT2D eigenvalue weighted by atomic mass is 35.5. The van der Waals surface area contributed by atoms with Crippen molar-refractivity contribution >= 4 is 34.5 Å². The van der Waals surface area contributed by atoms with Crippen LogP contribution in [0.5, 0.6) is 11.6 Å². The van der Waals surface area contributed by atoms with Gasteiger partial charge in [-0.1, -0.05) is 41.6 Å². The fourth-order valence-corrected chi connectivity index (χ4v) is 2.89. The van der Waals surface area contributed by atoms with Crippen molar-refractivity contribution in [2.75, 3.05) is 12.4 Å². The van der Waals surface area contributed by atoms with Gasteiger partial charge in [0.1, 0.15) is 5.75 Å². The Balaban J connectivity index is 2.03. The molecule has 3 aromatic rings. The second-order valence-corrected chi connectivity index (χ2v) is 6.43.